The molecule has 7 nitrogen and oxygen atoms in total. The van der Waals surface area contributed by atoms with Crippen LogP contribution in [0.3, 0.4) is 0 Å². The van der Waals surface area contributed by atoms with Crippen molar-refractivity contribution in [3.63, 3.8) is 0 Å². The van der Waals surface area contributed by atoms with Gasteiger partial charge in [-0.1, -0.05) is 38.1 Å². The molecule has 2 atom stereocenters. The zero-order valence-corrected chi connectivity index (χ0v) is 18.1. The quantitative estimate of drug-likeness (QED) is 0.699. The number of H-pyrrole nitrogens is 2. The van der Waals surface area contributed by atoms with Crippen LogP contribution in [0.2, 0.25) is 0 Å². The molecular weight excluding hydrogens is 378 g/mol. The smallest absolute Gasteiger partial charge is 0.339 e. The van der Waals surface area contributed by atoms with E-state index in [1.54, 1.807) is 0 Å². The molecule has 1 aromatic heterocycles. The van der Waals surface area contributed by atoms with Gasteiger partial charge in [-0.2, -0.15) is 5.10 Å². The number of carbonyl (C=O) groups excluding carboxylic acids is 1. The number of piperidine rings is 1. The first-order valence-electron chi connectivity index (χ1n) is 11.3. The SMILES string of the molecule is CCCN(C(=O)[C@@H]1C[C@H]1c1ccccc1CC)C1CCN(Cc2n[nH]c(=O)[nH]2)CC1. The Morgan fingerprint density at radius 1 is 1.23 bits per heavy atom. The highest BCUT2D eigenvalue weighted by Crippen LogP contribution is 2.50. The molecule has 4 rings (SSSR count). The van der Waals surface area contributed by atoms with Crippen LogP contribution in [0.5, 0.6) is 0 Å². The highest BCUT2D eigenvalue weighted by atomic mass is 16.2. The second-order valence-corrected chi connectivity index (χ2v) is 8.66. The molecule has 2 heterocycles. The van der Waals surface area contributed by atoms with Crippen LogP contribution < -0.4 is 5.69 Å². The molecule has 1 aliphatic heterocycles. The van der Waals surface area contributed by atoms with Gasteiger partial charge in [0.15, 0.2) is 0 Å². The van der Waals surface area contributed by atoms with Crippen LogP contribution >= 0.6 is 0 Å². The van der Waals surface area contributed by atoms with Crippen molar-refractivity contribution in [2.45, 2.75) is 64.5 Å². The van der Waals surface area contributed by atoms with Gasteiger partial charge in [-0.15, -0.1) is 0 Å². The summed E-state index contributed by atoms with van der Waals surface area (Å²) in [7, 11) is 0. The number of aromatic nitrogens is 3. The lowest BCUT2D eigenvalue weighted by Gasteiger charge is -2.38. The zero-order chi connectivity index (χ0) is 21.1. The maximum Gasteiger partial charge on any atom is 0.340 e. The maximum atomic E-state index is 13.4. The molecule has 1 aromatic carbocycles. The fourth-order valence-corrected chi connectivity index (χ4v) is 4.94. The Kier molecular flexibility index (Phi) is 6.37. The number of rotatable bonds is 8. The molecule has 30 heavy (non-hydrogen) atoms. The van der Waals surface area contributed by atoms with E-state index in [0.717, 1.165) is 51.7 Å². The minimum atomic E-state index is -0.261. The van der Waals surface area contributed by atoms with Crippen molar-refractivity contribution in [1.29, 1.82) is 0 Å². The average Bonchev–Trinajstić information content (AvgIpc) is 3.47. The molecule has 0 unspecified atom stereocenters. The van der Waals surface area contributed by atoms with Crippen LogP contribution in [-0.4, -0.2) is 56.6 Å². The number of hydrogen-bond acceptors (Lipinski definition) is 4. The van der Waals surface area contributed by atoms with Crippen molar-refractivity contribution in [1.82, 2.24) is 25.0 Å². The predicted molar refractivity (Wildman–Crippen MR) is 116 cm³/mol. The van der Waals surface area contributed by atoms with Crippen LogP contribution in [-0.2, 0) is 17.8 Å². The minimum Gasteiger partial charge on any atom is -0.339 e. The first-order valence-corrected chi connectivity index (χ1v) is 11.3. The summed E-state index contributed by atoms with van der Waals surface area (Å²) in [6.07, 6.45) is 4.95. The normalized spacial score (nSPS) is 22.2. The molecule has 1 saturated carbocycles. The third-order valence-electron chi connectivity index (χ3n) is 6.61. The number of amides is 1. The third-order valence-corrected chi connectivity index (χ3v) is 6.61. The summed E-state index contributed by atoms with van der Waals surface area (Å²) in [6.45, 7) is 7.66. The number of nitrogens with one attached hydrogen (secondary N) is 2. The van der Waals surface area contributed by atoms with Gasteiger partial charge in [-0.25, -0.2) is 9.89 Å². The molecule has 1 amide bonds. The van der Waals surface area contributed by atoms with E-state index in [2.05, 4.69) is 63.1 Å². The van der Waals surface area contributed by atoms with E-state index in [4.69, 9.17) is 0 Å². The Bertz CT molecular complexity index is 912. The number of aryl methyl sites for hydroxylation is 1. The van der Waals surface area contributed by atoms with E-state index in [9.17, 15) is 9.59 Å². The summed E-state index contributed by atoms with van der Waals surface area (Å²) < 4.78 is 0. The molecule has 2 aromatic rings. The second kappa shape index (κ2) is 9.16. The number of hydrogen-bond donors (Lipinski definition) is 2. The van der Waals surface area contributed by atoms with Gasteiger partial charge in [0, 0.05) is 31.6 Å². The molecular formula is C23H33N5O2. The lowest BCUT2D eigenvalue weighted by atomic mass is 9.99. The molecule has 7 heteroatoms. The molecule has 0 radical (unpaired) electrons. The minimum absolute atomic E-state index is 0.149. The lowest BCUT2D eigenvalue weighted by Crippen LogP contribution is -2.48. The largest absolute Gasteiger partial charge is 0.340 e. The van der Waals surface area contributed by atoms with Crippen LogP contribution in [0, 0.1) is 5.92 Å². The van der Waals surface area contributed by atoms with Gasteiger partial charge in [-0.3, -0.25) is 14.7 Å². The Labute approximate surface area is 177 Å². The molecule has 2 aliphatic rings. The summed E-state index contributed by atoms with van der Waals surface area (Å²) in [5, 5.41) is 6.43. The summed E-state index contributed by atoms with van der Waals surface area (Å²) in [6, 6.07) is 8.91. The van der Waals surface area contributed by atoms with Gasteiger partial charge in [0.05, 0.1) is 6.54 Å². The van der Waals surface area contributed by atoms with Crippen molar-refractivity contribution < 1.29 is 4.79 Å². The molecule has 162 valence electrons. The van der Waals surface area contributed by atoms with Gasteiger partial charge in [0.2, 0.25) is 5.91 Å². The van der Waals surface area contributed by atoms with E-state index >= 15 is 0 Å². The van der Waals surface area contributed by atoms with E-state index in [1.165, 1.54) is 11.1 Å². The van der Waals surface area contributed by atoms with Gasteiger partial charge >= 0.3 is 5.69 Å². The van der Waals surface area contributed by atoms with E-state index in [1.807, 2.05) is 0 Å². The van der Waals surface area contributed by atoms with Crippen LogP contribution in [0.15, 0.2) is 29.1 Å². The fraction of sp³-hybridized carbons (Fsp3) is 0.609. The van der Waals surface area contributed by atoms with E-state index < -0.39 is 0 Å². The predicted octanol–water partition coefficient (Wildman–Crippen LogP) is 2.67. The third kappa shape index (κ3) is 4.51. The van der Waals surface area contributed by atoms with Crippen molar-refractivity contribution >= 4 is 5.91 Å². The van der Waals surface area contributed by atoms with Gasteiger partial charge in [-0.05, 0) is 49.1 Å². The molecule has 0 bridgehead atoms. The van der Waals surface area contributed by atoms with Gasteiger partial charge in [0.25, 0.3) is 0 Å². The summed E-state index contributed by atoms with van der Waals surface area (Å²) in [5.41, 5.74) is 2.49. The molecule has 2 fully saturated rings. The monoisotopic (exact) mass is 411 g/mol. The van der Waals surface area contributed by atoms with Crippen molar-refractivity contribution in [2.24, 2.45) is 5.92 Å². The summed E-state index contributed by atoms with van der Waals surface area (Å²) in [5.74, 6) is 1.57. The fourth-order valence-electron chi connectivity index (χ4n) is 4.94. The highest BCUT2D eigenvalue weighted by molar-refractivity contribution is 5.83. The van der Waals surface area contributed by atoms with Crippen LogP contribution in [0.25, 0.3) is 0 Å². The van der Waals surface area contributed by atoms with Crippen molar-refractivity contribution in [3.8, 4) is 0 Å². The molecule has 2 N–H and O–H groups in total. The number of carbonyl (C=O) groups is 1. The number of nitrogens with zero attached hydrogens (tertiary/aromatic N) is 3. The van der Waals surface area contributed by atoms with Crippen molar-refractivity contribution in [3.05, 3.63) is 51.7 Å². The van der Waals surface area contributed by atoms with Crippen molar-refractivity contribution in [2.75, 3.05) is 19.6 Å². The maximum absolute atomic E-state index is 13.4. The summed E-state index contributed by atoms with van der Waals surface area (Å²) in [4.78, 5) is 31.8. The van der Waals surface area contributed by atoms with E-state index in [0.29, 0.717) is 30.2 Å². The summed E-state index contributed by atoms with van der Waals surface area (Å²) >= 11 is 0. The zero-order valence-electron chi connectivity index (χ0n) is 18.1. The Hall–Kier alpha value is -2.41. The Morgan fingerprint density at radius 3 is 2.67 bits per heavy atom. The van der Waals surface area contributed by atoms with E-state index in [-0.39, 0.29) is 11.6 Å². The van der Waals surface area contributed by atoms with Crippen LogP contribution in [0.4, 0.5) is 0 Å². The van der Waals surface area contributed by atoms with Crippen LogP contribution in [0.1, 0.15) is 62.4 Å². The molecule has 1 aliphatic carbocycles. The molecule has 1 saturated heterocycles. The number of benzene rings is 1. The lowest BCUT2D eigenvalue weighted by molar-refractivity contribution is -0.136. The Morgan fingerprint density at radius 2 is 2.00 bits per heavy atom. The number of likely N-dealkylation sites (tertiary alicyclic amines) is 1. The van der Waals surface area contributed by atoms with Gasteiger partial charge in [0.1, 0.15) is 5.82 Å². The topological polar surface area (TPSA) is 85.1 Å². The number of aromatic amines is 2. The second-order valence-electron chi connectivity index (χ2n) is 8.66. The van der Waals surface area contributed by atoms with Gasteiger partial charge < -0.3 is 4.90 Å². The first-order chi connectivity index (χ1) is 14.6. The molecule has 0 spiro atoms. The average molecular weight is 412 g/mol. The highest BCUT2D eigenvalue weighted by Gasteiger charge is 2.47. The Balaban J connectivity index is 1.36. The standard InChI is InChI=1S/C23H33N5O2/c1-3-11-28(17-9-12-27(13-10-17)15-21-24-23(30)26-25-21)22(29)20-14-19(20)18-8-6-5-7-16(18)4-2/h5-8,17,19-20H,3-4,9-15H2,1-2H3,(H2,24,25,26,30)/t19-,20+/m0/s1. The first kappa shape index (κ1) is 20.8.